The van der Waals surface area contributed by atoms with Crippen molar-refractivity contribution >= 4 is 27.6 Å². The molecule has 11 heteroatoms. The van der Waals surface area contributed by atoms with Crippen molar-refractivity contribution in [3.8, 4) is 11.6 Å². The number of sulfonamides is 1. The maximum Gasteiger partial charge on any atom is 0.356 e. The van der Waals surface area contributed by atoms with Crippen molar-refractivity contribution in [1.29, 1.82) is 0 Å². The molecule has 0 saturated heterocycles. The molecule has 1 saturated carbocycles. The van der Waals surface area contributed by atoms with Gasteiger partial charge in [0.1, 0.15) is 10.6 Å². The van der Waals surface area contributed by atoms with Gasteiger partial charge in [-0.2, -0.15) is 5.10 Å². The van der Waals surface area contributed by atoms with E-state index >= 15 is 0 Å². The third-order valence-electron chi connectivity index (χ3n) is 4.91. The Balaban J connectivity index is 2.08. The van der Waals surface area contributed by atoms with Crippen molar-refractivity contribution in [2.75, 3.05) is 5.32 Å². The smallest absolute Gasteiger partial charge is 0.356 e. The molecule has 3 rings (SSSR count). The highest BCUT2D eigenvalue weighted by Gasteiger charge is 2.31. The van der Waals surface area contributed by atoms with E-state index in [9.17, 15) is 23.1 Å². The first-order valence-corrected chi connectivity index (χ1v) is 11.9. The maximum atomic E-state index is 13.1. The summed E-state index contributed by atoms with van der Waals surface area (Å²) in [5, 5.41) is 16.2. The highest BCUT2D eigenvalue weighted by Crippen LogP contribution is 2.36. The lowest BCUT2D eigenvalue weighted by atomic mass is 10.2. The lowest BCUT2D eigenvalue weighted by Gasteiger charge is -2.17. The first-order valence-electron chi connectivity index (χ1n) is 10.4. The van der Waals surface area contributed by atoms with Gasteiger partial charge in [-0.3, -0.25) is 4.79 Å². The van der Waals surface area contributed by atoms with Crippen LogP contribution in [0, 0.1) is 12.8 Å². The topological polar surface area (TPSA) is 140 Å². The third kappa shape index (κ3) is 5.10. The van der Waals surface area contributed by atoms with E-state index < -0.39 is 16.0 Å². The predicted octanol–water partition coefficient (Wildman–Crippen LogP) is 3.30. The Kier molecular flexibility index (Phi) is 6.61. The number of amides is 1. The van der Waals surface area contributed by atoms with Gasteiger partial charge < -0.3 is 15.2 Å². The van der Waals surface area contributed by atoms with Crippen molar-refractivity contribution in [2.24, 2.45) is 5.92 Å². The summed E-state index contributed by atoms with van der Waals surface area (Å²) in [6.45, 7) is 8.63. The second kappa shape index (κ2) is 8.91. The maximum absolute atomic E-state index is 13.1. The summed E-state index contributed by atoms with van der Waals surface area (Å²) in [6.07, 6.45) is 1.50. The van der Waals surface area contributed by atoms with Gasteiger partial charge in [0.15, 0.2) is 5.69 Å². The number of ether oxygens (including phenoxy) is 1. The molecule has 174 valence electrons. The highest BCUT2D eigenvalue weighted by atomic mass is 32.2. The number of aromatic nitrogens is 2. The molecule has 10 nitrogen and oxygen atoms in total. The number of carbonyl (C=O) groups is 2. The van der Waals surface area contributed by atoms with Gasteiger partial charge in [-0.25, -0.2) is 22.6 Å². The van der Waals surface area contributed by atoms with Crippen LogP contribution in [0.3, 0.4) is 0 Å². The molecule has 1 aromatic carbocycles. The molecule has 1 heterocycles. The van der Waals surface area contributed by atoms with Gasteiger partial charge in [-0.05, 0) is 51.8 Å². The molecule has 32 heavy (non-hydrogen) atoms. The SMILES string of the molecule is Cc1c(C(=O)O)nn(C(C)C)c1Oc1ccc(NC(=O)C(C)C)cc1S(=O)(=O)NC1CC1. The number of benzene rings is 1. The molecule has 0 unspecified atom stereocenters. The van der Waals surface area contributed by atoms with Crippen LogP contribution in [0.1, 0.15) is 62.6 Å². The van der Waals surface area contributed by atoms with Gasteiger partial charge in [0.05, 0.1) is 6.04 Å². The Morgan fingerprint density at radius 3 is 2.41 bits per heavy atom. The molecule has 1 aromatic heterocycles. The second-order valence-electron chi connectivity index (χ2n) is 8.43. The van der Waals surface area contributed by atoms with Crippen LogP contribution in [0.15, 0.2) is 23.1 Å². The minimum absolute atomic E-state index is 0.00235. The fourth-order valence-corrected chi connectivity index (χ4v) is 4.39. The standard InChI is InChI=1S/C21H28N4O6S/c1-11(2)19(26)22-15-8-9-16(17(10-15)32(29,30)24-14-6-7-14)31-20-13(5)18(21(27)28)23-25(20)12(3)4/h8-12,14,24H,6-7H2,1-5H3,(H,22,26)(H,27,28). The predicted molar refractivity (Wildman–Crippen MR) is 118 cm³/mol. The van der Waals surface area contributed by atoms with Crippen LogP contribution >= 0.6 is 0 Å². The van der Waals surface area contributed by atoms with Gasteiger partial charge in [-0.1, -0.05) is 13.8 Å². The molecule has 0 spiro atoms. The van der Waals surface area contributed by atoms with E-state index in [2.05, 4.69) is 15.1 Å². The minimum atomic E-state index is -3.95. The normalized spacial score (nSPS) is 14.1. The Hall–Kier alpha value is -2.92. The Morgan fingerprint density at radius 1 is 1.22 bits per heavy atom. The van der Waals surface area contributed by atoms with Crippen LogP contribution in [-0.4, -0.2) is 41.2 Å². The number of carboxylic acids is 1. The average Bonchev–Trinajstić information content (AvgIpc) is 3.43. The van der Waals surface area contributed by atoms with Crippen LogP contribution < -0.4 is 14.8 Å². The van der Waals surface area contributed by atoms with Crippen molar-refractivity contribution in [3.05, 3.63) is 29.5 Å². The minimum Gasteiger partial charge on any atom is -0.476 e. The summed E-state index contributed by atoms with van der Waals surface area (Å²) in [7, 11) is -3.95. The first-order chi connectivity index (χ1) is 14.9. The molecule has 1 aliphatic rings. The molecule has 3 N–H and O–H groups in total. The number of anilines is 1. The van der Waals surface area contributed by atoms with Gasteiger partial charge in [-0.15, -0.1) is 0 Å². The van der Waals surface area contributed by atoms with Crippen molar-refractivity contribution in [2.45, 2.75) is 64.4 Å². The van der Waals surface area contributed by atoms with Crippen molar-refractivity contribution < 1.29 is 27.9 Å². The first kappa shape index (κ1) is 23.7. The second-order valence-corrected chi connectivity index (χ2v) is 10.1. The molecule has 0 radical (unpaired) electrons. The zero-order chi connectivity index (χ0) is 23.8. The molecule has 2 aromatic rings. The number of hydrogen-bond acceptors (Lipinski definition) is 6. The molecular weight excluding hydrogens is 436 g/mol. The zero-order valence-corrected chi connectivity index (χ0v) is 19.5. The summed E-state index contributed by atoms with van der Waals surface area (Å²) >= 11 is 0. The van der Waals surface area contributed by atoms with E-state index in [4.69, 9.17) is 4.74 Å². The highest BCUT2D eigenvalue weighted by molar-refractivity contribution is 7.89. The largest absolute Gasteiger partial charge is 0.476 e. The van der Waals surface area contributed by atoms with E-state index in [0.717, 1.165) is 12.8 Å². The molecule has 1 aliphatic carbocycles. The fourth-order valence-electron chi connectivity index (χ4n) is 2.93. The fraction of sp³-hybridized carbons (Fsp3) is 0.476. The lowest BCUT2D eigenvalue weighted by molar-refractivity contribution is -0.118. The van der Waals surface area contributed by atoms with Crippen LogP contribution in [0.25, 0.3) is 0 Å². The number of hydrogen-bond donors (Lipinski definition) is 3. The number of aromatic carboxylic acids is 1. The molecule has 1 amide bonds. The average molecular weight is 465 g/mol. The number of carbonyl (C=O) groups excluding carboxylic acids is 1. The Labute approximate surface area is 187 Å². The third-order valence-corrected chi connectivity index (χ3v) is 6.46. The molecular formula is C21H28N4O6S. The number of nitrogens with zero attached hydrogens (tertiary/aromatic N) is 2. The molecule has 0 bridgehead atoms. The summed E-state index contributed by atoms with van der Waals surface area (Å²) < 4.78 is 36.1. The van der Waals surface area contributed by atoms with Gasteiger partial charge in [0, 0.05) is 23.2 Å². The van der Waals surface area contributed by atoms with E-state index in [1.54, 1.807) is 20.8 Å². The monoisotopic (exact) mass is 464 g/mol. The van der Waals surface area contributed by atoms with Crippen LogP contribution in [0.5, 0.6) is 11.6 Å². The van der Waals surface area contributed by atoms with Crippen LogP contribution in [-0.2, 0) is 14.8 Å². The molecule has 0 atom stereocenters. The summed E-state index contributed by atoms with van der Waals surface area (Å²) in [6, 6.07) is 3.95. The zero-order valence-electron chi connectivity index (χ0n) is 18.7. The van der Waals surface area contributed by atoms with Crippen molar-refractivity contribution in [1.82, 2.24) is 14.5 Å². The number of carboxylic acid groups (broad SMARTS) is 1. The van der Waals surface area contributed by atoms with E-state index in [1.807, 2.05) is 13.8 Å². The molecule has 1 fully saturated rings. The Morgan fingerprint density at radius 2 is 1.88 bits per heavy atom. The number of nitrogens with one attached hydrogen (secondary N) is 2. The van der Waals surface area contributed by atoms with Crippen LogP contribution in [0.2, 0.25) is 0 Å². The van der Waals surface area contributed by atoms with E-state index in [1.165, 1.54) is 22.9 Å². The summed E-state index contributed by atoms with van der Waals surface area (Å²) in [4.78, 5) is 23.5. The van der Waals surface area contributed by atoms with Gasteiger partial charge in [0.25, 0.3) is 0 Å². The van der Waals surface area contributed by atoms with Gasteiger partial charge in [0.2, 0.25) is 21.8 Å². The number of rotatable bonds is 9. The van der Waals surface area contributed by atoms with Crippen LogP contribution in [0.4, 0.5) is 5.69 Å². The quantitative estimate of drug-likeness (QED) is 0.517. The lowest BCUT2D eigenvalue weighted by Crippen LogP contribution is -2.26. The summed E-state index contributed by atoms with van der Waals surface area (Å²) in [5.41, 5.74) is 0.421. The van der Waals surface area contributed by atoms with Gasteiger partial charge >= 0.3 is 5.97 Å². The molecule has 0 aliphatic heterocycles. The Bertz CT molecular complexity index is 1150. The summed E-state index contributed by atoms with van der Waals surface area (Å²) in [5.74, 6) is -1.60. The van der Waals surface area contributed by atoms with E-state index in [-0.39, 0.29) is 51.7 Å². The van der Waals surface area contributed by atoms with Crippen molar-refractivity contribution in [3.63, 3.8) is 0 Å². The van der Waals surface area contributed by atoms with E-state index in [0.29, 0.717) is 5.69 Å².